The van der Waals surface area contributed by atoms with Gasteiger partial charge >= 0.3 is 0 Å². The molecule has 0 aromatic carbocycles. The van der Waals surface area contributed by atoms with E-state index in [4.69, 9.17) is 30.8 Å². The van der Waals surface area contributed by atoms with Crippen molar-refractivity contribution in [2.24, 2.45) is 11.5 Å². The van der Waals surface area contributed by atoms with E-state index in [-0.39, 0.29) is 0 Å². The van der Waals surface area contributed by atoms with Gasteiger partial charge in [0, 0.05) is 0 Å². The fraction of sp³-hybridized carbons (Fsp3) is 1.00. The van der Waals surface area contributed by atoms with Crippen molar-refractivity contribution in [2.75, 3.05) is 13.2 Å². The summed E-state index contributed by atoms with van der Waals surface area (Å²) in [7, 11) is 0. The molecular weight excluding hydrogens is 348 g/mol. The Morgan fingerprint density at radius 2 is 1.44 bits per heavy atom. The Balaban J connectivity index is 2.21. The van der Waals surface area contributed by atoms with Crippen LogP contribution in [0.2, 0.25) is 0 Å². The Hall–Kier alpha value is -0.520. The molecule has 0 amide bonds. The fourth-order valence-electron chi connectivity index (χ4n) is 2.70. The number of hydrogen-bond donors (Lipinski definition) is 10. The van der Waals surface area contributed by atoms with E-state index in [1.165, 1.54) is 0 Å². The second kappa shape index (κ2) is 7.24. The van der Waals surface area contributed by atoms with Gasteiger partial charge in [-0.15, -0.1) is 0 Å². The second-order valence-corrected chi connectivity index (χ2v) is 6.10. The van der Waals surface area contributed by atoms with E-state index in [1.807, 2.05) is 0 Å². The summed E-state index contributed by atoms with van der Waals surface area (Å²) in [5, 5.41) is 77.7. The maximum Gasteiger partial charge on any atom is 0.270 e. The lowest BCUT2D eigenvalue weighted by Crippen LogP contribution is -2.81. The molecule has 25 heavy (non-hydrogen) atoms. The van der Waals surface area contributed by atoms with Gasteiger partial charge in [0.05, 0.1) is 13.2 Å². The number of aliphatic hydroxyl groups is 8. The predicted octanol–water partition coefficient (Wildman–Crippen LogP) is -6.82. The molecule has 13 nitrogen and oxygen atoms in total. The lowest BCUT2D eigenvalue weighted by atomic mass is 9.91. The van der Waals surface area contributed by atoms with Crippen molar-refractivity contribution in [1.29, 1.82) is 0 Å². The third kappa shape index (κ3) is 3.52. The van der Waals surface area contributed by atoms with E-state index in [0.717, 1.165) is 0 Å². The number of aliphatic hydroxyl groups excluding tert-OH is 6. The average molecular weight is 372 g/mol. The van der Waals surface area contributed by atoms with Crippen LogP contribution in [-0.4, -0.2) is 115 Å². The molecule has 12 N–H and O–H groups in total. The van der Waals surface area contributed by atoms with E-state index in [0.29, 0.717) is 0 Å². The molecule has 2 saturated heterocycles. The molecule has 10 atom stereocenters. The molecule has 0 aromatic rings. The first-order valence-corrected chi connectivity index (χ1v) is 7.43. The van der Waals surface area contributed by atoms with E-state index in [9.17, 15) is 35.7 Å². The minimum absolute atomic E-state index is 0.721. The Labute approximate surface area is 141 Å². The molecule has 0 bridgehead atoms. The largest absolute Gasteiger partial charge is 0.394 e. The number of nitrogens with two attached hydrogens (primary N) is 2. The van der Waals surface area contributed by atoms with E-state index >= 15 is 0 Å². The van der Waals surface area contributed by atoms with Crippen LogP contribution in [0.5, 0.6) is 0 Å². The quantitative estimate of drug-likeness (QED) is 0.206. The standard InChI is InChI=1S/C12H24N2O11/c13-11(21)9(20)8(4(2-16)25-12(11,14)22)24-10-7(19)6(18)5(17)3(1-15)23-10/h3-10,15-22H,1-2,13-14H2/t3-,4-,5+,6+,7-,8-,9+,10+,11-,12?/m1/s1. The van der Waals surface area contributed by atoms with Crippen molar-refractivity contribution in [3.63, 3.8) is 0 Å². The normalized spacial score (nSPS) is 54.5. The van der Waals surface area contributed by atoms with Crippen molar-refractivity contribution >= 4 is 0 Å². The summed E-state index contributed by atoms with van der Waals surface area (Å²) in [4.78, 5) is 0. The summed E-state index contributed by atoms with van der Waals surface area (Å²) in [6.07, 6.45) is -13.5. The molecule has 0 aliphatic carbocycles. The van der Waals surface area contributed by atoms with Crippen LogP contribution in [-0.2, 0) is 14.2 Å². The zero-order valence-electron chi connectivity index (χ0n) is 13.0. The van der Waals surface area contributed by atoms with Gasteiger partial charge in [0.1, 0.15) is 42.7 Å². The zero-order chi connectivity index (χ0) is 19.2. The molecule has 148 valence electrons. The Morgan fingerprint density at radius 3 is 1.96 bits per heavy atom. The highest BCUT2D eigenvalue weighted by atomic mass is 16.7. The Bertz CT molecular complexity index is 462. The van der Waals surface area contributed by atoms with Crippen LogP contribution in [0.25, 0.3) is 0 Å². The highest BCUT2D eigenvalue weighted by Crippen LogP contribution is 2.33. The lowest BCUT2D eigenvalue weighted by molar-refractivity contribution is -0.409. The number of ether oxygens (including phenoxy) is 3. The maximum atomic E-state index is 10.2. The van der Waals surface area contributed by atoms with Crippen molar-refractivity contribution in [2.45, 2.75) is 60.7 Å². The molecule has 13 heteroatoms. The van der Waals surface area contributed by atoms with Gasteiger partial charge < -0.3 is 55.1 Å². The molecule has 2 heterocycles. The lowest BCUT2D eigenvalue weighted by Gasteiger charge is -2.51. The zero-order valence-corrected chi connectivity index (χ0v) is 13.0. The van der Waals surface area contributed by atoms with Gasteiger partial charge in [0.25, 0.3) is 5.91 Å². The molecule has 2 aliphatic heterocycles. The molecule has 0 radical (unpaired) electrons. The second-order valence-electron chi connectivity index (χ2n) is 6.10. The monoisotopic (exact) mass is 372 g/mol. The third-order valence-electron chi connectivity index (χ3n) is 4.35. The highest BCUT2D eigenvalue weighted by molar-refractivity contribution is 5.03. The summed E-state index contributed by atoms with van der Waals surface area (Å²) in [5.41, 5.74) is 7.70. The summed E-state index contributed by atoms with van der Waals surface area (Å²) in [6.45, 7) is -1.56. The Morgan fingerprint density at radius 1 is 0.880 bits per heavy atom. The van der Waals surface area contributed by atoms with Gasteiger partial charge in [0.15, 0.2) is 6.29 Å². The van der Waals surface area contributed by atoms with E-state index in [2.05, 4.69) is 0 Å². The van der Waals surface area contributed by atoms with Crippen LogP contribution in [0.15, 0.2) is 0 Å². The SMILES string of the molecule is NC1(O)O[C@H](CO)[C@@H](O[C@@H]2O[C@H](CO)[C@H](O)[C@H](O)[C@H]2O)[C@H](O)[C@@]1(N)O. The first-order chi connectivity index (χ1) is 11.5. The molecular formula is C12H24N2O11. The van der Waals surface area contributed by atoms with Crippen LogP contribution in [0, 0.1) is 0 Å². The summed E-state index contributed by atoms with van der Waals surface area (Å²) >= 11 is 0. The minimum atomic E-state index is -2.92. The highest BCUT2D eigenvalue weighted by Gasteiger charge is 2.62. The van der Waals surface area contributed by atoms with Crippen molar-refractivity contribution < 1.29 is 55.1 Å². The van der Waals surface area contributed by atoms with Crippen molar-refractivity contribution in [3.05, 3.63) is 0 Å². The molecule has 0 saturated carbocycles. The van der Waals surface area contributed by atoms with Gasteiger partial charge in [-0.25, -0.2) is 0 Å². The first kappa shape index (κ1) is 20.8. The first-order valence-electron chi connectivity index (χ1n) is 7.43. The summed E-state index contributed by atoms with van der Waals surface area (Å²) < 4.78 is 15.2. The Kier molecular flexibility index (Phi) is 6.02. The predicted molar refractivity (Wildman–Crippen MR) is 74.9 cm³/mol. The van der Waals surface area contributed by atoms with Crippen molar-refractivity contribution in [3.8, 4) is 0 Å². The molecule has 1 unspecified atom stereocenters. The minimum Gasteiger partial charge on any atom is -0.394 e. The summed E-state index contributed by atoms with van der Waals surface area (Å²) in [5.74, 6) is -2.92. The smallest absolute Gasteiger partial charge is 0.270 e. The third-order valence-corrected chi connectivity index (χ3v) is 4.35. The van der Waals surface area contributed by atoms with Crippen LogP contribution in [0.3, 0.4) is 0 Å². The average Bonchev–Trinajstić information content (AvgIpc) is 2.55. The van der Waals surface area contributed by atoms with Crippen LogP contribution in [0.4, 0.5) is 0 Å². The van der Waals surface area contributed by atoms with Gasteiger partial charge in [-0.05, 0) is 0 Å². The molecule has 0 aromatic heterocycles. The molecule has 2 rings (SSSR count). The number of rotatable bonds is 4. The molecule has 2 aliphatic rings. The van der Waals surface area contributed by atoms with E-state index < -0.39 is 73.9 Å². The number of hydrogen-bond acceptors (Lipinski definition) is 13. The van der Waals surface area contributed by atoms with Gasteiger partial charge in [-0.1, -0.05) is 0 Å². The van der Waals surface area contributed by atoms with Gasteiger partial charge in [-0.2, -0.15) is 0 Å². The summed E-state index contributed by atoms with van der Waals surface area (Å²) in [6, 6.07) is 0. The topological polar surface area (TPSA) is 242 Å². The van der Waals surface area contributed by atoms with Crippen LogP contribution in [0.1, 0.15) is 0 Å². The van der Waals surface area contributed by atoms with E-state index in [1.54, 1.807) is 0 Å². The van der Waals surface area contributed by atoms with Gasteiger partial charge in [0.2, 0.25) is 5.72 Å². The molecule has 2 fully saturated rings. The molecule has 0 spiro atoms. The van der Waals surface area contributed by atoms with Crippen molar-refractivity contribution in [1.82, 2.24) is 0 Å². The maximum absolute atomic E-state index is 10.2. The fourth-order valence-corrected chi connectivity index (χ4v) is 2.70. The van der Waals surface area contributed by atoms with Crippen LogP contribution >= 0.6 is 0 Å². The van der Waals surface area contributed by atoms with Crippen LogP contribution < -0.4 is 11.5 Å². The van der Waals surface area contributed by atoms with Gasteiger partial charge in [-0.3, -0.25) is 11.5 Å².